The smallest absolute Gasteiger partial charge is 0.268 e. The molecule has 3 aromatic carbocycles. The fraction of sp³-hybridized carbons (Fsp3) is 0.480. The molecule has 2 aliphatic carbocycles. The molecular formula is C50H58FN7O8S. The zero-order valence-corrected chi connectivity index (χ0v) is 38.9. The van der Waals surface area contributed by atoms with E-state index >= 15 is 4.39 Å². The van der Waals surface area contributed by atoms with Crippen LogP contribution in [0, 0.1) is 22.2 Å². The van der Waals surface area contributed by atoms with Crippen LogP contribution >= 0.6 is 0 Å². The van der Waals surface area contributed by atoms with Gasteiger partial charge in [-0.25, -0.2) is 13.1 Å². The van der Waals surface area contributed by atoms with Crippen molar-refractivity contribution in [3.63, 3.8) is 0 Å². The van der Waals surface area contributed by atoms with Crippen molar-refractivity contribution in [2.24, 2.45) is 16.5 Å². The fourth-order valence-electron chi connectivity index (χ4n) is 11.2. The zero-order chi connectivity index (χ0) is 46.7. The maximum absolute atomic E-state index is 15.5. The number of pyridine rings is 1. The van der Waals surface area contributed by atoms with E-state index in [0.29, 0.717) is 42.4 Å². The van der Waals surface area contributed by atoms with Gasteiger partial charge in [-0.3, -0.25) is 9.69 Å². The normalized spacial score (nSPS) is 24.4. The fourth-order valence-corrected chi connectivity index (χ4v) is 12.2. The van der Waals surface area contributed by atoms with E-state index in [9.17, 15) is 23.2 Å². The molecule has 2 saturated heterocycles. The van der Waals surface area contributed by atoms with E-state index < -0.39 is 32.4 Å². The van der Waals surface area contributed by atoms with Gasteiger partial charge in [0, 0.05) is 55.1 Å². The predicted molar refractivity (Wildman–Crippen MR) is 252 cm³/mol. The van der Waals surface area contributed by atoms with Crippen molar-refractivity contribution in [3.8, 4) is 17.2 Å². The Morgan fingerprint density at radius 2 is 1.78 bits per heavy atom. The number of piperidine rings is 1. The molecule has 15 nitrogen and oxygen atoms in total. The number of nitroso groups, excluding NO2 is 1. The maximum atomic E-state index is 15.5. The number of ether oxygens (including phenoxy) is 3. The summed E-state index contributed by atoms with van der Waals surface area (Å²) in [5.74, 6) is -1.55. The molecule has 1 amide bonds. The van der Waals surface area contributed by atoms with Crippen molar-refractivity contribution in [2.45, 2.75) is 107 Å². The van der Waals surface area contributed by atoms with E-state index in [1.807, 2.05) is 6.92 Å². The van der Waals surface area contributed by atoms with Crippen molar-refractivity contribution in [3.05, 3.63) is 100 Å². The molecule has 0 unspecified atom stereocenters. The number of anilines is 2. The molecule has 2 atom stereocenters. The quantitative estimate of drug-likeness (QED) is 0.0728. The van der Waals surface area contributed by atoms with Crippen LogP contribution in [0.25, 0.3) is 11.0 Å². The number of fused-ring (bicyclic) bond motifs is 2. The van der Waals surface area contributed by atoms with Gasteiger partial charge in [-0.15, -0.1) is 4.91 Å². The Kier molecular flexibility index (Phi) is 12.0. The van der Waals surface area contributed by atoms with Crippen molar-refractivity contribution in [2.75, 3.05) is 49.7 Å². The Bertz CT molecular complexity index is 2790. The highest BCUT2D eigenvalue weighted by atomic mass is 32.2. The van der Waals surface area contributed by atoms with E-state index in [0.717, 1.165) is 76.5 Å². The molecular weight excluding hydrogens is 878 g/mol. The number of rotatable bonds is 11. The van der Waals surface area contributed by atoms with Crippen molar-refractivity contribution < 1.29 is 36.9 Å². The largest absolute Gasteiger partial charge is 0.489 e. The molecule has 10 rings (SSSR count). The maximum Gasteiger partial charge on any atom is 0.268 e. The van der Waals surface area contributed by atoms with Gasteiger partial charge in [-0.2, -0.15) is 9.37 Å². The molecule has 0 radical (unpaired) electrons. The third-order valence-corrected chi connectivity index (χ3v) is 16.5. The number of halogens is 1. The van der Waals surface area contributed by atoms with Crippen LogP contribution in [0.1, 0.15) is 106 Å². The van der Waals surface area contributed by atoms with Crippen LogP contribution in [0.2, 0.25) is 0 Å². The lowest BCUT2D eigenvalue weighted by Gasteiger charge is -2.57. The van der Waals surface area contributed by atoms with Crippen LogP contribution < -0.4 is 24.4 Å². The van der Waals surface area contributed by atoms with Gasteiger partial charge < -0.3 is 34.5 Å². The standard InChI is InChI=1S/C50H58FN7O8S/c1-30(2)36-6-4-5-7-37(36)41-29-64-21-20-58(41)34-26-50(27-34)15-18-57(19-16-50)33-8-9-38(42(23-33)66-44-22-32-12-17-52-47(32)54-46(44)51)48(59)56-67(62,63)35-24-39(55-61)45-43(25-35)65-28-40(53-45)31-10-13-49(3,60)14-11-31/h4-9,12,17,22-25,30-31,34,40-41,53,60H,10-11,13-16,18-21,26-29H2,1-3H3,(H,52,54)(H,56,59)/t31?,40-,41-,49?/m1/s1. The first kappa shape index (κ1) is 45.2. The van der Waals surface area contributed by atoms with Crippen molar-refractivity contribution in [1.82, 2.24) is 19.6 Å². The predicted octanol–water partition coefficient (Wildman–Crippen LogP) is 9.07. The number of hydrogen-bond donors (Lipinski definition) is 4. The second kappa shape index (κ2) is 17.8. The number of H-pyrrole nitrogens is 1. The van der Waals surface area contributed by atoms with E-state index in [4.69, 9.17) is 14.2 Å². The van der Waals surface area contributed by atoms with Crippen molar-refractivity contribution in [1.29, 1.82) is 0 Å². The number of aromatic amines is 1. The second-order valence-corrected chi connectivity index (χ2v) is 21.6. The molecule has 5 aromatic rings. The lowest BCUT2D eigenvalue weighted by atomic mass is 9.59. The van der Waals surface area contributed by atoms with Gasteiger partial charge in [0.05, 0.1) is 41.4 Å². The molecule has 17 heteroatoms. The highest BCUT2D eigenvalue weighted by Gasteiger charge is 2.50. The van der Waals surface area contributed by atoms with Gasteiger partial charge in [-0.05, 0) is 122 Å². The van der Waals surface area contributed by atoms with Gasteiger partial charge in [-0.1, -0.05) is 38.1 Å². The Balaban J connectivity index is 0.859. The topological polar surface area (TPSA) is 188 Å². The molecule has 2 saturated carbocycles. The Hall–Kier alpha value is -5.62. The summed E-state index contributed by atoms with van der Waals surface area (Å²) < 4.78 is 63.7. The molecule has 354 valence electrons. The van der Waals surface area contributed by atoms with Crippen LogP contribution in [-0.2, 0) is 14.8 Å². The van der Waals surface area contributed by atoms with E-state index in [-0.39, 0.29) is 64.2 Å². The highest BCUT2D eigenvalue weighted by molar-refractivity contribution is 7.90. The van der Waals surface area contributed by atoms with E-state index in [2.05, 4.69) is 73.1 Å². The van der Waals surface area contributed by atoms with Gasteiger partial charge in [0.2, 0.25) is 0 Å². The number of morpholine rings is 1. The molecule has 4 N–H and O–H groups in total. The number of carbonyl (C=O) groups excluding carboxylic acids is 1. The summed E-state index contributed by atoms with van der Waals surface area (Å²) in [7, 11) is -4.62. The number of aliphatic hydroxyl groups is 1. The average molecular weight is 936 g/mol. The lowest BCUT2D eigenvalue weighted by Crippen LogP contribution is -2.58. The van der Waals surface area contributed by atoms with Crippen LogP contribution in [0.3, 0.4) is 0 Å². The lowest BCUT2D eigenvalue weighted by molar-refractivity contribution is -0.0912. The molecule has 0 bridgehead atoms. The Morgan fingerprint density at radius 1 is 1.00 bits per heavy atom. The third-order valence-electron chi connectivity index (χ3n) is 15.1. The van der Waals surface area contributed by atoms with E-state index in [1.165, 1.54) is 29.3 Å². The number of hydrogen-bond acceptors (Lipinski definition) is 13. The first-order valence-electron chi connectivity index (χ1n) is 23.5. The highest BCUT2D eigenvalue weighted by Crippen LogP contribution is 2.53. The summed E-state index contributed by atoms with van der Waals surface area (Å²) in [5.41, 5.74) is 3.21. The summed E-state index contributed by atoms with van der Waals surface area (Å²) in [6.07, 6.45) is 8.57. The first-order chi connectivity index (χ1) is 32.2. The minimum absolute atomic E-state index is 0.0618. The molecule has 5 heterocycles. The first-order valence-corrected chi connectivity index (χ1v) is 25.0. The summed E-state index contributed by atoms with van der Waals surface area (Å²) in [6.45, 7) is 10.4. The second-order valence-electron chi connectivity index (χ2n) is 19.9. The number of nitrogens with one attached hydrogen (secondary N) is 3. The van der Waals surface area contributed by atoms with E-state index in [1.54, 1.807) is 24.4 Å². The van der Waals surface area contributed by atoms with Gasteiger partial charge in [0.1, 0.15) is 35.1 Å². The third kappa shape index (κ3) is 8.98. The zero-order valence-electron chi connectivity index (χ0n) is 38.1. The summed E-state index contributed by atoms with van der Waals surface area (Å²) in [6, 6.07) is 19.7. The van der Waals surface area contributed by atoms with Crippen LogP contribution in [0.5, 0.6) is 17.2 Å². The van der Waals surface area contributed by atoms with Crippen molar-refractivity contribution >= 4 is 44.0 Å². The minimum atomic E-state index is -4.62. The average Bonchev–Trinajstić information content (AvgIpc) is 3.77. The number of aromatic nitrogens is 2. The van der Waals surface area contributed by atoms with Gasteiger partial charge in [0.15, 0.2) is 5.75 Å². The van der Waals surface area contributed by atoms with Crippen LogP contribution in [0.4, 0.5) is 21.5 Å². The van der Waals surface area contributed by atoms with Gasteiger partial charge in [0.25, 0.3) is 21.9 Å². The summed E-state index contributed by atoms with van der Waals surface area (Å²) in [5, 5.41) is 17.5. The molecule has 5 aliphatic rings. The number of carbonyl (C=O) groups is 1. The number of nitrogens with zero attached hydrogens (tertiary/aromatic N) is 4. The van der Waals surface area contributed by atoms with Crippen LogP contribution in [0.15, 0.2) is 83.0 Å². The minimum Gasteiger partial charge on any atom is -0.489 e. The molecule has 4 fully saturated rings. The number of sulfonamides is 1. The van der Waals surface area contributed by atoms with Gasteiger partial charge >= 0.3 is 0 Å². The number of amides is 1. The SMILES string of the molecule is CC(C)c1ccccc1[C@H]1COCCN1C1CC2(CCN(c3ccc(C(=O)NS(=O)(=O)c4cc(N=O)c5c(c4)OC[C@H](C4CCC(C)(O)CC4)N5)c(Oc4cc5cc[nH]c5nc4F)c3)CC2)C1. The monoisotopic (exact) mass is 935 g/mol. The molecule has 2 aromatic heterocycles. The Labute approximate surface area is 389 Å². The summed E-state index contributed by atoms with van der Waals surface area (Å²) >= 11 is 0. The molecule has 3 aliphatic heterocycles. The Morgan fingerprint density at radius 3 is 2.54 bits per heavy atom. The summed E-state index contributed by atoms with van der Waals surface area (Å²) in [4.78, 5) is 37.6. The molecule has 67 heavy (non-hydrogen) atoms. The molecule has 1 spiro atoms. The number of benzene rings is 3. The van der Waals surface area contributed by atoms with Crippen LogP contribution in [-0.4, -0.2) is 91.4 Å².